The van der Waals surface area contributed by atoms with Crippen LogP contribution in [0.2, 0.25) is 0 Å². The summed E-state index contributed by atoms with van der Waals surface area (Å²) in [5.74, 6) is 0.831. The summed E-state index contributed by atoms with van der Waals surface area (Å²) in [6.45, 7) is 7.13. The normalized spacial score (nSPS) is 46.6. The fourth-order valence-electron chi connectivity index (χ4n) is 5.76. The van der Waals surface area contributed by atoms with Crippen molar-refractivity contribution in [2.45, 2.75) is 96.2 Å². The monoisotopic (exact) mass is 302 g/mol. The maximum Gasteiger partial charge on any atom is 0.490 e. The molecule has 5 aliphatic rings. The Morgan fingerprint density at radius 3 is 2.59 bits per heavy atom. The first-order valence-corrected chi connectivity index (χ1v) is 9.53. The van der Waals surface area contributed by atoms with Crippen LogP contribution in [0.25, 0.3) is 0 Å². The van der Waals surface area contributed by atoms with E-state index in [-0.39, 0.29) is 23.7 Å². The van der Waals surface area contributed by atoms with Gasteiger partial charge in [0.2, 0.25) is 0 Å². The first-order chi connectivity index (χ1) is 10.5. The predicted octanol–water partition coefficient (Wildman–Crippen LogP) is 5.07. The van der Waals surface area contributed by atoms with E-state index in [2.05, 4.69) is 26.8 Å². The molecule has 0 aromatic rings. The molecule has 5 rings (SSSR count). The fraction of sp³-hybridized carbons (Fsp3) is 0.895. The Balaban J connectivity index is 1.58. The molecule has 1 aliphatic heterocycles. The average Bonchev–Trinajstić information content (AvgIpc) is 2.88. The van der Waals surface area contributed by atoms with Gasteiger partial charge >= 0.3 is 7.12 Å². The van der Waals surface area contributed by atoms with Crippen molar-refractivity contribution in [1.29, 1.82) is 0 Å². The molecule has 3 saturated carbocycles. The Labute approximate surface area is 136 Å². The molecule has 3 atom stereocenters. The molecule has 1 saturated heterocycles. The summed E-state index contributed by atoms with van der Waals surface area (Å²) in [5.41, 5.74) is 1.60. The molecule has 2 nitrogen and oxygen atoms in total. The van der Waals surface area contributed by atoms with Crippen LogP contribution in [0.15, 0.2) is 11.5 Å². The molecule has 3 heteroatoms. The number of allylic oxidation sites excluding steroid dienone is 2. The smallest absolute Gasteiger partial charge is 0.399 e. The lowest BCUT2D eigenvalue weighted by molar-refractivity contribution is -0.257. The largest absolute Gasteiger partial charge is 0.490 e. The van der Waals surface area contributed by atoms with Gasteiger partial charge in [-0.2, -0.15) is 0 Å². The zero-order valence-electron chi connectivity index (χ0n) is 14.6. The van der Waals surface area contributed by atoms with E-state index in [0.29, 0.717) is 0 Å². The third kappa shape index (κ3) is 1.94. The van der Waals surface area contributed by atoms with Gasteiger partial charge in [0.1, 0.15) is 0 Å². The molecular weight excluding hydrogens is 271 g/mol. The molecule has 0 aromatic heterocycles. The molecule has 0 N–H and O–H groups in total. The SMILES string of the molecule is CC12CCC3CC1(OB(/C1=C/CCCCCCC1)O2)C3(C)C. The molecule has 2 bridgehead atoms. The lowest BCUT2D eigenvalue weighted by atomic mass is 9.41. The Hall–Kier alpha value is -0.275. The van der Waals surface area contributed by atoms with E-state index >= 15 is 0 Å². The van der Waals surface area contributed by atoms with Crippen LogP contribution in [-0.2, 0) is 9.31 Å². The minimum atomic E-state index is -0.0742. The van der Waals surface area contributed by atoms with Gasteiger partial charge < -0.3 is 9.31 Å². The molecule has 3 unspecified atom stereocenters. The van der Waals surface area contributed by atoms with Crippen LogP contribution in [0.5, 0.6) is 0 Å². The lowest BCUT2D eigenvalue weighted by Gasteiger charge is -2.68. The van der Waals surface area contributed by atoms with Gasteiger partial charge in [0.25, 0.3) is 0 Å². The Morgan fingerprint density at radius 2 is 1.82 bits per heavy atom. The summed E-state index contributed by atoms with van der Waals surface area (Å²) in [7, 11) is -0.0681. The van der Waals surface area contributed by atoms with Gasteiger partial charge in [-0.1, -0.05) is 45.6 Å². The number of hydrogen-bond donors (Lipinski definition) is 0. The second-order valence-corrected chi connectivity index (χ2v) is 8.87. The minimum absolute atomic E-state index is 0.0349. The van der Waals surface area contributed by atoms with Crippen molar-refractivity contribution in [1.82, 2.24) is 0 Å². The molecule has 1 spiro atoms. The van der Waals surface area contributed by atoms with Gasteiger partial charge in [0.15, 0.2) is 0 Å². The lowest BCUT2D eigenvalue weighted by Crippen LogP contribution is -2.73. The molecule has 1 heterocycles. The van der Waals surface area contributed by atoms with E-state index in [4.69, 9.17) is 9.31 Å². The molecule has 0 amide bonds. The molecule has 4 aliphatic carbocycles. The van der Waals surface area contributed by atoms with Crippen molar-refractivity contribution in [3.8, 4) is 0 Å². The van der Waals surface area contributed by atoms with Crippen LogP contribution in [0.1, 0.15) is 85.0 Å². The van der Waals surface area contributed by atoms with Crippen molar-refractivity contribution < 1.29 is 9.31 Å². The van der Waals surface area contributed by atoms with Crippen LogP contribution < -0.4 is 0 Å². The predicted molar refractivity (Wildman–Crippen MR) is 90.6 cm³/mol. The van der Waals surface area contributed by atoms with E-state index in [0.717, 1.165) is 5.92 Å². The van der Waals surface area contributed by atoms with Crippen LogP contribution in [0.3, 0.4) is 0 Å². The van der Waals surface area contributed by atoms with Gasteiger partial charge in [0.05, 0.1) is 11.2 Å². The van der Waals surface area contributed by atoms with Gasteiger partial charge in [-0.15, -0.1) is 0 Å². The third-order valence-corrected chi connectivity index (χ3v) is 7.47. The van der Waals surface area contributed by atoms with Crippen LogP contribution in [-0.4, -0.2) is 18.3 Å². The van der Waals surface area contributed by atoms with E-state index in [1.807, 2.05) is 0 Å². The molecule has 0 aromatic carbocycles. The zero-order chi connectivity index (χ0) is 15.4. The number of fused-ring (bicyclic) bond motifs is 1. The van der Waals surface area contributed by atoms with Crippen molar-refractivity contribution in [2.75, 3.05) is 0 Å². The summed E-state index contributed by atoms with van der Waals surface area (Å²) in [5, 5.41) is 0. The van der Waals surface area contributed by atoms with Gasteiger partial charge in [0, 0.05) is 0 Å². The van der Waals surface area contributed by atoms with Gasteiger partial charge in [-0.3, -0.25) is 0 Å². The second-order valence-electron chi connectivity index (χ2n) is 8.87. The quantitative estimate of drug-likeness (QED) is 0.630. The summed E-state index contributed by atoms with van der Waals surface area (Å²) in [4.78, 5) is 0. The van der Waals surface area contributed by atoms with E-state index in [1.165, 1.54) is 69.7 Å². The number of hydrogen-bond acceptors (Lipinski definition) is 2. The van der Waals surface area contributed by atoms with Crippen LogP contribution >= 0.6 is 0 Å². The first kappa shape index (κ1) is 15.3. The summed E-state index contributed by atoms with van der Waals surface area (Å²) < 4.78 is 13.3. The topological polar surface area (TPSA) is 18.5 Å². The molecular formula is C19H31BO2. The van der Waals surface area contributed by atoms with Gasteiger partial charge in [-0.05, 0) is 62.3 Å². The van der Waals surface area contributed by atoms with Gasteiger partial charge in [-0.25, -0.2) is 0 Å². The molecule has 4 fully saturated rings. The standard InChI is InChI=1S/C19H31BO2/c1-17(2)15-12-13-18(3)19(17,14-15)22-20(21-18)16-10-8-6-4-5-7-9-11-16/h10,15H,4-9,11-14H2,1-3H3/b16-10+. The minimum Gasteiger partial charge on any atom is -0.399 e. The van der Waals surface area contributed by atoms with E-state index in [9.17, 15) is 0 Å². The third-order valence-electron chi connectivity index (χ3n) is 7.47. The Bertz CT molecular complexity index is 486. The zero-order valence-corrected chi connectivity index (χ0v) is 14.6. The highest BCUT2D eigenvalue weighted by Crippen LogP contribution is 2.70. The Kier molecular flexibility index (Phi) is 3.55. The van der Waals surface area contributed by atoms with E-state index in [1.54, 1.807) is 0 Å². The first-order valence-electron chi connectivity index (χ1n) is 9.53. The average molecular weight is 302 g/mol. The van der Waals surface area contributed by atoms with Crippen LogP contribution in [0, 0.1) is 11.3 Å². The summed E-state index contributed by atoms with van der Waals surface area (Å²) in [6, 6.07) is 0. The highest BCUT2D eigenvalue weighted by molar-refractivity contribution is 6.54. The second kappa shape index (κ2) is 5.11. The van der Waals surface area contributed by atoms with Crippen molar-refractivity contribution in [3.63, 3.8) is 0 Å². The van der Waals surface area contributed by atoms with Crippen molar-refractivity contribution >= 4 is 7.12 Å². The highest BCUT2D eigenvalue weighted by Gasteiger charge is 2.76. The Morgan fingerprint density at radius 1 is 1.05 bits per heavy atom. The maximum absolute atomic E-state index is 6.72. The highest BCUT2D eigenvalue weighted by atomic mass is 16.7. The summed E-state index contributed by atoms with van der Waals surface area (Å²) in [6.07, 6.45) is 15.3. The summed E-state index contributed by atoms with van der Waals surface area (Å²) >= 11 is 0. The molecule has 122 valence electrons. The molecule has 0 radical (unpaired) electrons. The van der Waals surface area contributed by atoms with E-state index < -0.39 is 0 Å². The number of rotatable bonds is 1. The fourth-order valence-corrected chi connectivity index (χ4v) is 5.76. The van der Waals surface area contributed by atoms with Crippen molar-refractivity contribution in [3.05, 3.63) is 11.5 Å². The van der Waals surface area contributed by atoms with Crippen molar-refractivity contribution in [2.24, 2.45) is 11.3 Å². The maximum atomic E-state index is 6.72. The molecule has 22 heavy (non-hydrogen) atoms. The van der Waals surface area contributed by atoms with Crippen LogP contribution in [0.4, 0.5) is 0 Å².